The number of aromatic nitrogens is 2. The number of nitrogens with zero attached hydrogens (tertiary/aromatic N) is 4. The number of benzene rings is 1. The normalized spacial score (nSPS) is 17.8. The Kier molecular flexibility index (Phi) is 5.30. The fourth-order valence-corrected chi connectivity index (χ4v) is 3.93. The molecule has 1 aliphatic carbocycles. The van der Waals surface area contributed by atoms with Gasteiger partial charge in [0.15, 0.2) is 0 Å². The van der Waals surface area contributed by atoms with Crippen LogP contribution in [-0.4, -0.2) is 52.4 Å². The standard InChI is InChI=1S/C24H28N6O2/c1-24(6-7-24)32-17-4-5-20(25)19(13-17)23(26)21-14-22(28-16-27-21)30-10-8-29(9-11-30)15-18-3-2-12-31-18/h2-5,12-14,16,26H,6-11,15,25H2,1H3. The number of furan rings is 1. The molecule has 3 heterocycles. The number of hydrogen-bond donors (Lipinski definition) is 2. The number of anilines is 2. The summed E-state index contributed by atoms with van der Waals surface area (Å²) in [6.07, 6.45) is 5.34. The van der Waals surface area contributed by atoms with Gasteiger partial charge >= 0.3 is 0 Å². The van der Waals surface area contributed by atoms with Crippen LogP contribution in [0.25, 0.3) is 0 Å². The average Bonchev–Trinajstić information content (AvgIpc) is 3.30. The first-order chi connectivity index (χ1) is 15.5. The number of rotatable bonds is 7. The van der Waals surface area contributed by atoms with Crippen LogP contribution in [0.5, 0.6) is 5.75 Å². The molecule has 0 spiro atoms. The lowest BCUT2D eigenvalue weighted by molar-refractivity contribution is 0.200. The summed E-state index contributed by atoms with van der Waals surface area (Å²) in [7, 11) is 0. The van der Waals surface area contributed by atoms with Gasteiger partial charge in [0, 0.05) is 43.5 Å². The van der Waals surface area contributed by atoms with Crippen LogP contribution < -0.4 is 15.4 Å². The van der Waals surface area contributed by atoms with Crippen molar-refractivity contribution in [3.05, 3.63) is 66.0 Å². The Balaban J connectivity index is 1.28. The predicted molar refractivity (Wildman–Crippen MR) is 123 cm³/mol. The van der Waals surface area contributed by atoms with E-state index in [0.29, 0.717) is 16.9 Å². The van der Waals surface area contributed by atoms with Gasteiger partial charge in [-0.1, -0.05) is 0 Å². The molecule has 0 bridgehead atoms. The highest BCUT2D eigenvalue weighted by molar-refractivity contribution is 6.13. The third-order valence-corrected chi connectivity index (χ3v) is 6.18. The smallest absolute Gasteiger partial charge is 0.132 e. The van der Waals surface area contributed by atoms with Crippen LogP contribution in [-0.2, 0) is 6.54 Å². The molecule has 1 aromatic carbocycles. The van der Waals surface area contributed by atoms with Gasteiger partial charge in [0.2, 0.25) is 0 Å². The molecular weight excluding hydrogens is 404 g/mol. The van der Waals surface area contributed by atoms with Gasteiger partial charge in [-0.05, 0) is 50.1 Å². The molecule has 2 fully saturated rings. The molecule has 32 heavy (non-hydrogen) atoms. The van der Waals surface area contributed by atoms with Gasteiger partial charge in [-0.3, -0.25) is 10.3 Å². The first kappa shape index (κ1) is 20.5. The van der Waals surface area contributed by atoms with E-state index in [4.69, 9.17) is 20.3 Å². The maximum atomic E-state index is 8.74. The lowest BCUT2D eigenvalue weighted by Crippen LogP contribution is -2.46. The quantitative estimate of drug-likeness (QED) is 0.436. The summed E-state index contributed by atoms with van der Waals surface area (Å²) in [6, 6.07) is 11.3. The molecule has 5 rings (SSSR count). The first-order valence-electron chi connectivity index (χ1n) is 11.0. The Bertz CT molecular complexity index is 1100. The minimum atomic E-state index is -0.0866. The summed E-state index contributed by atoms with van der Waals surface area (Å²) >= 11 is 0. The van der Waals surface area contributed by atoms with Crippen molar-refractivity contribution in [2.45, 2.75) is 31.9 Å². The van der Waals surface area contributed by atoms with Gasteiger partial charge in [0.05, 0.1) is 24.2 Å². The molecular formula is C24H28N6O2. The zero-order chi connectivity index (χ0) is 22.1. The molecule has 1 aliphatic heterocycles. The lowest BCUT2D eigenvalue weighted by atomic mass is 10.0. The van der Waals surface area contributed by atoms with Crippen LogP contribution in [0.3, 0.4) is 0 Å². The predicted octanol–water partition coefficient (Wildman–Crippen LogP) is 3.32. The van der Waals surface area contributed by atoms with E-state index in [9.17, 15) is 0 Å². The number of nitrogens with two attached hydrogens (primary N) is 1. The van der Waals surface area contributed by atoms with Gasteiger partial charge in [0.25, 0.3) is 0 Å². The molecule has 8 nitrogen and oxygen atoms in total. The molecule has 3 aromatic rings. The van der Waals surface area contributed by atoms with Crippen molar-refractivity contribution in [2.24, 2.45) is 0 Å². The van der Waals surface area contributed by atoms with Crippen molar-refractivity contribution in [3.8, 4) is 5.75 Å². The second kappa shape index (κ2) is 8.27. The highest BCUT2D eigenvalue weighted by Crippen LogP contribution is 2.40. The van der Waals surface area contributed by atoms with Crippen molar-refractivity contribution in [2.75, 3.05) is 36.8 Å². The SMILES string of the molecule is CC1(Oc2ccc(N)c(C(=N)c3cc(N4CCN(Cc5ccco5)CC4)ncn3)c2)CC1. The molecule has 166 valence electrons. The zero-order valence-corrected chi connectivity index (χ0v) is 18.3. The Labute approximate surface area is 187 Å². The highest BCUT2D eigenvalue weighted by Gasteiger charge is 2.40. The molecule has 2 aliphatic rings. The third kappa shape index (κ3) is 4.45. The number of piperazine rings is 1. The summed E-state index contributed by atoms with van der Waals surface area (Å²) in [5.41, 5.74) is 8.09. The van der Waals surface area contributed by atoms with E-state index >= 15 is 0 Å². The molecule has 0 radical (unpaired) electrons. The maximum Gasteiger partial charge on any atom is 0.132 e. The molecule has 0 unspecified atom stereocenters. The van der Waals surface area contributed by atoms with Crippen molar-refractivity contribution in [1.29, 1.82) is 5.41 Å². The van der Waals surface area contributed by atoms with Gasteiger partial charge in [-0.15, -0.1) is 0 Å². The lowest BCUT2D eigenvalue weighted by Gasteiger charge is -2.35. The minimum absolute atomic E-state index is 0.0866. The Morgan fingerprint density at radius 1 is 1.16 bits per heavy atom. The van der Waals surface area contributed by atoms with E-state index in [0.717, 1.165) is 62.9 Å². The summed E-state index contributed by atoms with van der Waals surface area (Å²) in [4.78, 5) is 13.4. The average molecular weight is 433 g/mol. The molecule has 8 heteroatoms. The first-order valence-corrected chi connectivity index (χ1v) is 11.0. The van der Waals surface area contributed by atoms with Crippen molar-refractivity contribution in [3.63, 3.8) is 0 Å². The summed E-state index contributed by atoms with van der Waals surface area (Å²) in [5, 5.41) is 8.74. The summed E-state index contributed by atoms with van der Waals surface area (Å²) in [5.74, 6) is 2.55. The second-order valence-corrected chi connectivity index (χ2v) is 8.78. The van der Waals surface area contributed by atoms with E-state index in [1.165, 1.54) is 6.33 Å². The van der Waals surface area contributed by atoms with Crippen molar-refractivity contribution >= 4 is 17.2 Å². The van der Waals surface area contributed by atoms with Crippen LogP contribution >= 0.6 is 0 Å². The van der Waals surface area contributed by atoms with Crippen molar-refractivity contribution in [1.82, 2.24) is 14.9 Å². The number of hydrogen-bond acceptors (Lipinski definition) is 8. The largest absolute Gasteiger partial charge is 0.488 e. The van der Waals surface area contributed by atoms with Crippen LogP contribution in [0.15, 0.2) is 53.4 Å². The van der Waals surface area contributed by atoms with E-state index < -0.39 is 0 Å². The van der Waals surface area contributed by atoms with Gasteiger partial charge in [-0.25, -0.2) is 9.97 Å². The van der Waals surface area contributed by atoms with Crippen LogP contribution in [0, 0.1) is 5.41 Å². The molecule has 2 aromatic heterocycles. The van der Waals surface area contributed by atoms with Crippen LogP contribution in [0.2, 0.25) is 0 Å². The molecule has 0 amide bonds. The van der Waals surface area contributed by atoms with Crippen molar-refractivity contribution < 1.29 is 9.15 Å². The van der Waals surface area contributed by atoms with Gasteiger partial charge < -0.3 is 19.8 Å². The van der Waals surface area contributed by atoms with Gasteiger partial charge in [0.1, 0.15) is 29.3 Å². The fraction of sp³-hybridized carbons (Fsp3) is 0.375. The molecule has 3 N–H and O–H groups in total. The third-order valence-electron chi connectivity index (χ3n) is 6.18. The van der Waals surface area contributed by atoms with E-state index in [-0.39, 0.29) is 11.3 Å². The van der Waals surface area contributed by atoms with E-state index in [2.05, 4.69) is 26.7 Å². The number of nitrogens with one attached hydrogen (secondary N) is 1. The van der Waals surface area contributed by atoms with E-state index in [1.807, 2.05) is 30.3 Å². The molecule has 1 saturated heterocycles. The Morgan fingerprint density at radius 3 is 2.69 bits per heavy atom. The summed E-state index contributed by atoms with van der Waals surface area (Å²) < 4.78 is 11.5. The number of nitrogen functional groups attached to an aromatic ring is 1. The topological polar surface area (TPSA) is 104 Å². The number of ether oxygens (including phenoxy) is 1. The van der Waals surface area contributed by atoms with Gasteiger partial charge in [-0.2, -0.15) is 0 Å². The Morgan fingerprint density at radius 2 is 1.97 bits per heavy atom. The second-order valence-electron chi connectivity index (χ2n) is 8.78. The fourth-order valence-electron chi connectivity index (χ4n) is 3.93. The highest BCUT2D eigenvalue weighted by atomic mass is 16.5. The molecule has 0 atom stereocenters. The maximum absolute atomic E-state index is 8.74. The monoisotopic (exact) mass is 432 g/mol. The van der Waals surface area contributed by atoms with E-state index in [1.54, 1.807) is 12.3 Å². The van der Waals surface area contributed by atoms with Crippen LogP contribution in [0.4, 0.5) is 11.5 Å². The minimum Gasteiger partial charge on any atom is -0.488 e. The zero-order valence-electron chi connectivity index (χ0n) is 18.3. The summed E-state index contributed by atoms with van der Waals surface area (Å²) in [6.45, 7) is 6.46. The van der Waals surface area contributed by atoms with Crippen LogP contribution in [0.1, 0.15) is 36.8 Å². The molecule has 1 saturated carbocycles. The Hall–Kier alpha value is -3.39.